The highest BCUT2D eigenvalue weighted by atomic mass is 35.5. The highest BCUT2D eigenvalue weighted by molar-refractivity contribution is 6.34. The lowest BCUT2D eigenvalue weighted by atomic mass is 10.1. The van der Waals surface area contributed by atoms with Crippen molar-refractivity contribution in [2.45, 2.75) is 45.6 Å². The number of benzene rings is 2. The van der Waals surface area contributed by atoms with Crippen molar-refractivity contribution < 1.29 is 23.9 Å². The summed E-state index contributed by atoms with van der Waals surface area (Å²) in [5, 5.41) is 4.21. The van der Waals surface area contributed by atoms with Gasteiger partial charge in [-0.15, -0.1) is 0 Å². The second-order valence-corrected chi connectivity index (χ2v) is 10.2. The predicted octanol–water partition coefficient (Wildman–Crippen LogP) is 4.83. The number of aromatic nitrogens is 2. The lowest BCUT2D eigenvalue weighted by molar-refractivity contribution is -0.144. The molecule has 0 spiro atoms. The van der Waals surface area contributed by atoms with Crippen LogP contribution >= 0.6 is 11.6 Å². The second-order valence-electron chi connectivity index (χ2n) is 9.76. The summed E-state index contributed by atoms with van der Waals surface area (Å²) in [6, 6.07) is 10.6. The fraction of sp³-hybridized carbons (Fsp3) is 0.414. The first-order valence-corrected chi connectivity index (χ1v) is 13.8. The van der Waals surface area contributed by atoms with Gasteiger partial charge in [-0.1, -0.05) is 30.5 Å². The lowest BCUT2D eigenvalue weighted by Crippen LogP contribution is -2.39. The zero-order chi connectivity index (χ0) is 28.6. The Bertz CT molecular complexity index is 1370. The molecule has 11 heteroatoms. The Balaban J connectivity index is 1.52. The van der Waals surface area contributed by atoms with Crippen LogP contribution in [-0.2, 0) is 14.3 Å². The van der Waals surface area contributed by atoms with E-state index in [4.69, 9.17) is 21.1 Å². The van der Waals surface area contributed by atoms with Crippen molar-refractivity contribution in [3.8, 4) is 5.75 Å². The lowest BCUT2D eigenvalue weighted by Gasteiger charge is -2.23. The van der Waals surface area contributed by atoms with Gasteiger partial charge in [0.05, 0.1) is 28.0 Å². The Morgan fingerprint density at radius 3 is 2.55 bits per heavy atom. The van der Waals surface area contributed by atoms with Crippen LogP contribution < -0.4 is 10.1 Å². The van der Waals surface area contributed by atoms with E-state index in [9.17, 15) is 14.4 Å². The number of carbonyl (C=O) groups excluding carboxylic acids is 3. The van der Waals surface area contributed by atoms with Crippen LogP contribution in [0.2, 0.25) is 5.02 Å². The van der Waals surface area contributed by atoms with Crippen LogP contribution in [0.3, 0.4) is 0 Å². The van der Waals surface area contributed by atoms with Gasteiger partial charge < -0.3 is 24.6 Å². The number of ether oxygens (including phenoxy) is 2. The first-order chi connectivity index (χ1) is 19.2. The molecule has 2 amide bonds. The molecule has 1 aliphatic heterocycles. The Hall–Kier alpha value is -3.92. The van der Waals surface area contributed by atoms with Crippen molar-refractivity contribution in [3.63, 3.8) is 0 Å². The van der Waals surface area contributed by atoms with E-state index in [1.54, 1.807) is 44.3 Å². The summed E-state index contributed by atoms with van der Waals surface area (Å²) in [6.45, 7) is 4.81. The Morgan fingerprint density at radius 2 is 1.85 bits per heavy atom. The van der Waals surface area contributed by atoms with Crippen LogP contribution in [0.4, 0.5) is 11.5 Å². The van der Waals surface area contributed by atoms with E-state index < -0.39 is 12.1 Å². The van der Waals surface area contributed by atoms with Crippen LogP contribution in [0.5, 0.6) is 5.75 Å². The topological polar surface area (TPSA) is 114 Å². The molecule has 1 fully saturated rings. The summed E-state index contributed by atoms with van der Waals surface area (Å²) in [5.41, 5.74) is 1.73. The van der Waals surface area contributed by atoms with Gasteiger partial charge >= 0.3 is 5.97 Å². The van der Waals surface area contributed by atoms with Crippen molar-refractivity contribution in [2.24, 2.45) is 0 Å². The minimum atomic E-state index is -0.820. The Kier molecular flexibility index (Phi) is 9.76. The molecule has 1 N–H and O–H groups in total. The van der Waals surface area contributed by atoms with Gasteiger partial charge in [0, 0.05) is 32.7 Å². The summed E-state index contributed by atoms with van der Waals surface area (Å²) in [6.07, 6.45) is 4.90. The van der Waals surface area contributed by atoms with Crippen molar-refractivity contribution >= 4 is 51.8 Å². The molecule has 0 radical (unpaired) electrons. The zero-order valence-electron chi connectivity index (χ0n) is 23.0. The molecule has 0 unspecified atom stereocenters. The molecule has 40 heavy (non-hydrogen) atoms. The number of nitrogens with one attached hydrogen (secondary N) is 1. The molecule has 0 bridgehead atoms. The number of nitrogens with zero attached hydrogens (tertiary/aromatic N) is 4. The van der Waals surface area contributed by atoms with E-state index >= 15 is 0 Å². The molecule has 10 nitrogen and oxygen atoms in total. The number of carbonyl (C=O) groups is 3. The molecule has 0 aliphatic carbocycles. The number of halogens is 1. The number of hydrogen-bond acceptors (Lipinski definition) is 8. The van der Waals surface area contributed by atoms with E-state index in [2.05, 4.69) is 15.3 Å². The molecule has 4 rings (SSSR count). The van der Waals surface area contributed by atoms with Crippen molar-refractivity contribution in [1.29, 1.82) is 0 Å². The second kappa shape index (κ2) is 13.4. The third-order valence-electron chi connectivity index (χ3n) is 6.74. The number of rotatable bonds is 9. The van der Waals surface area contributed by atoms with Gasteiger partial charge in [-0.3, -0.25) is 14.4 Å². The molecular weight excluding hydrogens is 534 g/mol. The molecule has 1 atom stereocenters. The minimum absolute atomic E-state index is 0.0573. The summed E-state index contributed by atoms with van der Waals surface area (Å²) in [7, 11) is 1.62. The summed E-state index contributed by atoms with van der Waals surface area (Å²) in [4.78, 5) is 49.0. The minimum Gasteiger partial charge on any atom is -0.480 e. The number of esters is 1. The molecule has 212 valence electrons. The molecule has 1 aliphatic rings. The van der Waals surface area contributed by atoms with Crippen LogP contribution in [0.15, 0.2) is 42.7 Å². The number of anilines is 2. The fourth-order valence-electron chi connectivity index (χ4n) is 4.61. The highest BCUT2D eigenvalue weighted by Gasteiger charge is 2.22. The van der Waals surface area contributed by atoms with Crippen LogP contribution in [0, 0.1) is 0 Å². The smallest absolute Gasteiger partial charge is 0.302 e. The molecule has 1 aromatic heterocycles. The number of amides is 2. The van der Waals surface area contributed by atoms with E-state index in [-0.39, 0.29) is 25.0 Å². The van der Waals surface area contributed by atoms with Gasteiger partial charge in [0.15, 0.2) is 6.10 Å². The maximum atomic E-state index is 13.1. The molecule has 1 saturated heterocycles. The number of likely N-dealkylation sites (tertiary alicyclic amines) is 1. The van der Waals surface area contributed by atoms with Crippen LogP contribution in [0.1, 0.15) is 49.9 Å². The van der Waals surface area contributed by atoms with Gasteiger partial charge in [-0.2, -0.15) is 0 Å². The van der Waals surface area contributed by atoms with Gasteiger partial charge in [0.1, 0.15) is 24.5 Å². The first-order valence-electron chi connectivity index (χ1n) is 13.4. The third-order valence-corrected chi connectivity index (χ3v) is 7.05. The average Bonchev–Trinajstić information content (AvgIpc) is 3.22. The normalized spacial score (nSPS) is 14.2. The van der Waals surface area contributed by atoms with E-state index in [1.807, 2.05) is 11.0 Å². The van der Waals surface area contributed by atoms with Crippen LogP contribution in [-0.4, -0.2) is 76.9 Å². The largest absolute Gasteiger partial charge is 0.480 e. The van der Waals surface area contributed by atoms with Gasteiger partial charge in [-0.05, 0) is 50.1 Å². The van der Waals surface area contributed by atoms with Crippen molar-refractivity contribution in [1.82, 2.24) is 19.8 Å². The number of likely N-dealkylation sites (N-methyl/N-ethyl adjacent to an activating group) is 1. The molecule has 2 aromatic carbocycles. The van der Waals surface area contributed by atoms with Crippen molar-refractivity contribution in [3.05, 3.63) is 53.3 Å². The molecule has 2 heterocycles. The molecular formula is C29H34ClN5O5. The summed E-state index contributed by atoms with van der Waals surface area (Å²) < 4.78 is 11.0. The number of fused-ring (bicyclic) bond motifs is 1. The van der Waals surface area contributed by atoms with Gasteiger partial charge in [0.2, 0.25) is 0 Å². The SMILES string of the molecule is CC(=O)OCCN(C)C(=O)[C@@H](C)Oc1cccc2ncnc(Nc3ccc(C(=O)N4CCCCCC4)c(Cl)c3)c12. The molecule has 0 saturated carbocycles. The molecule has 3 aromatic rings. The quantitative estimate of drug-likeness (QED) is 0.366. The van der Waals surface area contributed by atoms with Gasteiger partial charge in [0.25, 0.3) is 11.8 Å². The van der Waals surface area contributed by atoms with Gasteiger partial charge in [-0.25, -0.2) is 9.97 Å². The van der Waals surface area contributed by atoms with E-state index in [1.165, 1.54) is 18.2 Å². The number of hydrogen-bond donors (Lipinski definition) is 1. The average molecular weight is 568 g/mol. The monoisotopic (exact) mass is 567 g/mol. The van der Waals surface area contributed by atoms with E-state index in [0.29, 0.717) is 38.7 Å². The maximum Gasteiger partial charge on any atom is 0.302 e. The maximum absolute atomic E-state index is 13.1. The van der Waals surface area contributed by atoms with Crippen molar-refractivity contribution in [2.75, 3.05) is 38.6 Å². The van der Waals surface area contributed by atoms with Crippen LogP contribution in [0.25, 0.3) is 10.9 Å². The zero-order valence-corrected chi connectivity index (χ0v) is 23.7. The Labute approximate surface area is 238 Å². The standard InChI is InChI=1S/C29H34ClN5O5/c1-19(28(37)34(3)15-16-39-20(2)36)40-25-10-8-9-24-26(25)27(32-18-31-24)33-21-11-12-22(23(30)17-21)29(38)35-13-6-4-5-7-14-35/h8-12,17-19H,4-7,13-16H2,1-3H3,(H,31,32,33)/t19-/m1/s1. The highest BCUT2D eigenvalue weighted by Crippen LogP contribution is 2.33. The summed E-state index contributed by atoms with van der Waals surface area (Å²) in [5.74, 6) is 0.158. The third kappa shape index (κ3) is 7.18. The fourth-order valence-corrected chi connectivity index (χ4v) is 4.87. The Morgan fingerprint density at radius 1 is 1.10 bits per heavy atom. The van der Waals surface area contributed by atoms with E-state index in [0.717, 1.165) is 38.8 Å². The first kappa shape index (κ1) is 29.1. The predicted molar refractivity (Wildman–Crippen MR) is 153 cm³/mol. The summed E-state index contributed by atoms with van der Waals surface area (Å²) >= 11 is 6.57.